The number of nitrogens with zero attached hydrogens (tertiary/aromatic N) is 1. The first-order chi connectivity index (χ1) is 10.1. The van der Waals surface area contributed by atoms with Crippen molar-refractivity contribution in [2.24, 2.45) is 7.05 Å². The quantitative estimate of drug-likeness (QED) is 0.854. The van der Waals surface area contributed by atoms with E-state index in [4.69, 9.17) is 10.5 Å². The summed E-state index contributed by atoms with van der Waals surface area (Å²) in [6.45, 7) is 3.65. The highest BCUT2D eigenvalue weighted by atomic mass is 16.5. The molecular weight excluding hydrogens is 266 g/mol. The van der Waals surface area contributed by atoms with Crippen molar-refractivity contribution in [3.05, 3.63) is 53.3 Å². The average Bonchev–Trinajstić information content (AvgIpc) is 2.82. The number of amides is 1. The lowest BCUT2D eigenvalue weighted by Gasteiger charge is -2.11. The number of aromatic nitrogens is 1. The van der Waals surface area contributed by atoms with Gasteiger partial charge in [0.1, 0.15) is 5.69 Å². The van der Waals surface area contributed by atoms with Gasteiger partial charge in [-0.25, -0.2) is 0 Å². The maximum Gasteiger partial charge on any atom is 0.268 e. The van der Waals surface area contributed by atoms with E-state index >= 15 is 0 Å². The van der Waals surface area contributed by atoms with Crippen LogP contribution in [0.4, 0.5) is 5.69 Å². The first kappa shape index (κ1) is 15.1. The molecule has 0 saturated heterocycles. The van der Waals surface area contributed by atoms with Crippen molar-refractivity contribution in [1.29, 1.82) is 0 Å². The van der Waals surface area contributed by atoms with Crippen LogP contribution in [0, 0.1) is 0 Å². The zero-order chi connectivity index (χ0) is 15.2. The van der Waals surface area contributed by atoms with Gasteiger partial charge in [-0.1, -0.05) is 24.3 Å². The number of carbonyl (C=O) groups is 1. The van der Waals surface area contributed by atoms with Crippen LogP contribution in [0.15, 0.2) is 36.5 Å². The van der Waals surface area contributed by atoms with Crippen LogP contribution in [0.2, 0.25) is 0 Å². The SMILES string of the molecule is CCOCc1ccccc1CNC(=O)c1cc(N)cn1C. The molecule has 3 N–H and O–H groups in total. The number of anilines is 1. The Labute approximate surface area is 124 Å². The summed E-state index contributed by atoms with van der Waals surface area (Å²) >= 11 is 0. The predicted octanol–water partition coefficient (Wildman–Crippen LogP) is 2.07. The molecule has 0 unspecified atom stereocenters. The molecule has 0 aliphatic carbocycles. The van der Waals surface area contributed by atoms with E-state index in [1.807, 2.05) is 31.2 Å². The van der Waals surface area contributed by atoms with Gasteiger partial charge in [-0.3, -0.25) is 4.79 Å². The largest absolute Gasteiger partial charge is 0.397 e. The third-order valence-electron chi connectivity index (χ3n) is 3.28. The number of aryl methyl sites for hydroxylation is 1. The molecule has 0 aliphatic rings. The van der Waals surface area contributed by atoms with Crippen LogP contribution < -0.4 is 11.1 Å². The molecule has 2 rings (SSSR count). The molecule has 1 heterocycles. The predicted molar refractivity (Wildman–Crippen MR) is 82.8 cm³/mol. The molecule has 0 saturated carbocycles. The van der Waals surface area contributed by atoms with Crippen LogP contribution in [0.3, 0.4) is 0 Å². The Balaban J connectivity index is 2.03. The van der Waals surface area contributed by atoms with Gasteiger partial charge in [0, 0.05) is 26.4 Å². The smallest absolute Gasteiger partial charge is 0.268 e. The summed E-state index contributed by atoms with van der Waals surface area (Å²) in [4.78, 5) is 12.2. The minimum atomic E-state index is -0.139. The molecule has 0 fully saturated rings. The highest BCUT2D eigenvalue weighted by molar-refractivity contribution is 5.93. The van der Waals surface area contributed by atoms with Crippen LogP contribution in [-0.4, -0.2) is 17.1 Å². The lowest BCUT2D eigenvalue weighted by molar-refractivity contribution is 0.0941. The molecule has 1 aromatic carbocycles. The topological polar surface area (TPSA) is 69.3 Å². The summed E-state index contributed by atoms with van der Waals surface area (Å²) < 4.78 is 7.16. The summed E-state index contributed by atoms with van der Waals surface area (Å²) in [7, 11) is 1.80. The lowest BCUT2D eigenvalue weighted by atomic mass is 10.1. The Morgan fingerprint density at radius 1 is 1.33 bits per heavy atom. The number of ether oxygens (including phenoxy) is 1. The van der Waals surface area contributed by atoms with E-state index in [-0.39, 0.29) is 5.91 Å². The molecule has 2 aromatic rings. The third-order valence-corrected chi connectivity index (χ3v) is 3.28. The fourth-order valence-electron chi connectivity index (χ4n) is 2.16. The fourth-order valence-corrected chi connectivity index (χ4v) is 2.16. The van der Waals surface area contributed by atoms with Crippen LogP contribution in [0.25, 0.3) is 0 Å². The van der Waals surface area contributed by atoms with Gasteiger partial charge in [0.15, 0.2) is 0 Å². The number of nitrogens with two attached hydrogens (primary N) is 1. The second-order valence-corrected chi connectivity index (χ2v) is 4.86. The number of hydrogen-bond donors (Lipinski definition) is 2. The van der Waals surface area contributed by atoms with E-state index in [0.29, 0.717) is 31.1 Å². The van der Waals surface area contributed by atoms with E-state index in [9.17, 15) is 4.79 Å². The van der Waals surface area contributed by atoms with Gasteiger partial charge in [0.25, 0.3) is 5.91 Å². The van der Waals surface area contributed by atoms with Crippen molar-refractivity contribution in [2.45, 2.75) is 20.1 Å². The van der Waals surface area contributed by atoms with Gasteiger partial charge in [-0.2, -0.15) is 0 Å². The summed E-state index contributed by atoms with van der Waals surface area (Å²) in [5.41, 5.74) is 8.97. The highest BCUT2D eigenvalue weighted by Gasteiger charge is 2.11. The second-order valence-electron chi connectivity index (χ2n) is 4.86. The molecule has 1 aromatic heterocycles. The summed E-state index contributed by atoms with van der Waals surface area (Å²) in [6.07, 6.45) is 1.72. The number of nitrogens with one attached hydrogen (secondary N) is 1. The molecular formula is C16H21N3O2. The first-order valence-electron chi connectivity index (χ1n) is 6.96. The molecule has 0 spiro atoms. The standard InChI is InChI=1S/C16H21N3O2/c1-3-21-11-13-7-5-4-6-12(13)9-18-16(20)15-8-14(17)10-19(15)2/h4-8,10H,3,9,11,17H2,1-2H3,(H,18,20). The zero-order valence-corrected chi connectivity index (χ0v) is 12.4. The van der Waals surface area contributed by atoms with Gasteiger partial charge >= 0.3 is 0 Å². The monoisotopic (exact) mass is 287 g/mol. The van der Waals surface area contributed by atoms with Crippen LogP contribution in [0.1, 0.15) is 28.5 Å². The minimum Gasteiger partial charge on any atom is -0.397 e. The molecule has 0 atom stereocenters. The Hall–Kier alpha value is -2.27. The summed E-state index contributed by atoms with van der Waals surface area (Å²) in [5.74, 6) is -0.139. The number of benzene rings is 1. The average molecular weight is 287 g/mol. The van der Waals surface area contributed by atoms with Gasteiger partial charge in [-0.15, -0.1) is 0 Å². The first-order valence-corrected chi connectivity index (χ1v) is 6.96. The van der Waals surface area contributed by atoms with E-state index in [0.717, 1.165) is 11.1 Å². The number of carbonyl (C=O) groups excluding carboxylic acids is 1. The summed E-state index contributed by atoms with van der Waals surface area (Å²) in [5, 5.41) is 2.92. The van der Waals surface area contributed by atoms with Gasteiger partial charge < -0.3 is 20.4 Å². The molecule has 5 nitrogen and oxygen atoms in total. The Morgan fingerprint density at radius 3 is 2.67 bits per heavy atom. The normalized spacial score (nSPS) is 10.6. The Kier molecular flexibility index (Phi) is 5.00. The van der Waals surface area contributed by atoms with Crippen molar-refractivity contribution >= 4 is 11.6 Å². The third kappa shape index (κ3) is 3.86. The van der Waals surface area contributed by atoms with Crippen molar-refractivity contribution in [1.82, 2.24) is 9.88 Å². The van der Waals surface area contributed by atoms with Gasteiger partial charge in [0.2, 0.25) is 0 Å². The number of nitrogen functional groups attached to an aromatic ring is 1. The van der Waals surface area contributed by atoms with Crippen LogP contribution in [-0.2, 0) is 24.9 Å². The maximum absolute atomic E-state index is 12.2. The van der Waals surface area contributed by atoms with E-state index < -0.39 is 0 Å². The van der Waals surface area contributed by atoms with Crippen LogP contribution in [0.5, 0.6) is 0 Å². The molecule has 0 radical (unpaired) electrons. The van der Waals surface area contributed by atoms with E-state index in [2.05, 4.69) is 5.32 Å². The van der Waals surface area contributed by atoms with Gasteiger partial charge in [0.05, 0.1) is 12.3 Å². The lowest BCUT2D eigenvalue weighted by Crippen LogP contribution is -2.25. The Morgan fingerprint density at radius 2 is 2.05 bits per heavy atom. The van der Waals surface area contributed by atoms with Crippen LogP contribution >= 0.6 is 0 Å². The fraction of sp³-hybridized carbons (Fsp3) is 0.312. The van der Waals surface area contributed by atoms with Crippen molar-refractivity contribution in [3.63, 3.8) is 0 Å². The molecule has 112 valence electrons. The van der Waals surface area contributed by atoms with Crippen molar-refractivity contribution in [2.75, 3.05) is 12.3 Å². The zero-order valence-electron chi connectivity index (χ0n) is 12.4. The van der Waals surface area contributed by atoms with Crippen molar-refractivity contribution < 1.29 is 9.53 Å². The van der Waals surface area contributed by atoms with E-state index in [1.165, 1.54) is 0 Å². The number of rotatable bonds is 6. The second kappa shape index (κ2) is 6.95. The molecule has 0 bridgehead atoms. The summed E-state index contributed by atoms with van der Waals surface area (Å²) in [6, 6.07) is 9.60. The van der Waals surface area contributed by atoms with Gasteiger partial charge in [-0.05, 0) is 24.1 Å². The molecule has 21 heavy (non-hydrogen) atoms. The van der Waals surface area contributed by atoms with E-state index in [1.54, 1.807) is 23.9 Å². The molecule has 1 amide bonds. The highest BCUT2D eigenvalue weighted by Crippen LogP contribution is 2.12. The number of hydrogen-bond acceptors (Lipinski definition) is 3. The maximum atomic E-state index is 12.2. The molecule has 5 heteroatoms. The Bertz CT molecular complexity index is 620. The minimum absolute atomic E-state index is 0.139. The van der Waals surface area contributed by atoms with Crippen molar-refractivity contribution in [3.8, 4) is 0 Å². The molecule has 0 aliphatic heterocycles.